The zero-order valence-corrected chi connectivity index (χ0v) is 11.8. The van der Waals surface area contributed by atoms with Crippen molar-refractivity contribution in [2.24, 2.45) is 0 Å². The summed E-state index contributed by atoms with van der Waals surface area (Å²) in [7, 11) is 0. The van der Waals surface area contributed by atoms with E-state index >= 15 is 0 Å². The summed E-state index contributed by atoms with van der Waals surface area (Å²) in [5, 5.41) is 8.44. The van der Waals surface area contributed by atoms with Crippen molar-refractivity contribution in [3.05, 3.63) is 54.6 Å². The standard InChI is InChI=1S/C9H16O2.C8H8/c1-3-4-5-6-7-8(2)9(10)11;1-2-8-6-4-3-5-7-8/h2-7H2,1H3,(H,10,11);2-7H,1H2. The van der Waals surface area contributed by atoms with Crippen molar-refractivity contribution < 1.29 is 9.90 Å². The highest BCUT2D eigenvalue weighted by Crippen LogP contribution is 2.08. The van der Waals surface area contributed by atoms with Gasteiger partial charge in [-0.1, -0.05) is 75.8 Å². The molecule has 104 valence electrons. The summed E-state index contributed by atoms with van der Waals surface area (Å²) in [6, 6.07) is 10.0. The van der Waals surface area contributed by atoms with Crippen LogP contribution in [0, 0.1) is 0 Å². The predicted molar refractivity (Wildman–Crippen MR) is 82.1 cm³/mol. The van der Waals surface area contributed by atoms with Gasteiger partial charge in [0.2, 0.25) is 0 Å². The Bertz CT molecular complexity index is 380. The van der Waals surface area contributed by atoms with Crippen LogP contribution in [-0.2, 0) is 4.79 Å². The molecule has 19 heavy (non-hydrogen) atoms. The number of hydrogen-bond donors (Lipinski definition) is 1. The molecule has 0 aliphatic heterocycles. The van der Waals surface area contributed by atoms with E-state index in [1.807, 2.05) is 36.4 Å². The highest BCUT2D eigenvalue weighted by atomic mass is 16.4. The van der Waals surface area contributed by atoms with Crippen molar-refractivity contribution in [3.63, 3.8) is 0 Å². The largest absolute Gasteiger partial charge is 0.478 e. The summed E-state index contributed by atoms with van der Waals surface area (Å²) in [6.45, 7) is 9.21. The predicted octanol–water partition coefficient (Wildman–Crippen LogP) is 4.93. The highest BCUT2D eigenvalue weighted by Gasteiger charge is 2.01. The van der Waals surface area contributed by atoms with Gasteiger partial charge in [0.05, 0.1) is 0 Å². The normalized spacial score (nSPS) is 9.11. The number of aliphatic carboxylic acids is 1. The minimum absolute atomic E-state index is 0.334. The number of unbranched alkanes of at least 4 members (excludes halogenated alkanes) is 3. The molecule has 0 saturated heterocycles. The second kappa shape index (κ2) is 11.3. The van der Waals surface area contributed by atoms with Gasteiger partial charge in [-0.25, -0.2) is 4.79 Å². The van der Waals surface area contributed by atoms with Crippen LogP contribution < -0.4 is 0 Å². The summed E-state index contributed by atoms with van der Waals surface area (Å²) in [5.41, 5.74) is 1.51. The number of hydrogen-bond acceptors (Lipinski definition) is 1. The second-order valence-electron chi connectivity index (χ2n) is 4.33. The van der Waals surface area contributed by atoms with Gasteiger partial charge in [0.15, 0.2) is 0 Å². The molecule has 0 aliphatic carbocycles. The number of carboxylic acids is 1. The van der Waals surface area contributed by atoms with Gasteiger partial charge in [-0.05, 0) is 18.4 Å². The fourth-order valence-electron chi connectivity index (χ4n) is 1.46. The molecule has 0 aliphatic rings. The van der Waals surface area contributed by atoms with E-state index in [-0.39, 0.29) is 0 Å². The number of carboxylic acid groups (broad SMARTS) is 1. The molecule has 1 rings (SSSR count). The third kappa shape index (κ3) is 9.83. The zero-order valence-electron chi connectivity index (χ0n) is 11.8. The van der Waals surface area contributed by atoms with E-state index in [4.69, 9.17) is 5.11 Å². The molecule has 1 aromatic rings. The van der Waals surface area contributed by atoms with E-state index in [0.717, 1.165) is 12.8 Å². The van der Waals surface area contributed by atoms with Crippen LogP contribution in [0.15, 0.2) is 49.1 Å². The molecule has 1 N–H and O–H groups in total. The third-order valence-electron chi connectivity index (χ3n) is 2.67. The Morgan fingerprint density at radius 1 is 1.21 bits per heavy atom. The van der Waals surface area contributed by atoms with E-state index in [0.29, 0.717) is 12.0 Å². The van der Waals surface area contributed by atoms with Crippen molar-refractivity contribution in [1.82, 2.24) is 0 Å². The van der Waals surface area contributed by atoms with Gasteiger partial charge in [0, 0.05) is 5.57 Å². The molecule has 2 nitrogen and oxygen atoms in total. The highest BCUT2D eigenvalue weighted by molar-refractivity contribution is 5.85. The maximum Gasteiger partial charge on any atom is 0.330 e. The average Bonchev–Trinajstić information content (AvgIpc) is 2.45. The van der Waals surface area contributed by atoms with Crippen molar-refractivity contribution in [3.8, 4) is 0 Å². The monoisotopic (exact) mass is 260 g/mol. The van der Waals surface area contributed by atoms with Crippen LogP contribution in [0.1, 0.15) is 44.6 Å². The molecule has 0 bridgehead atoms. The topological polar surface area (TPSA) is 37.3 Å². The minimum atomic E-state index is -0.860. The molecule has 0 unspecified atom stereocenters. The first kappa shape index (κ1) is 17.2. The van der Waals surface area contributed by atoms with Crippen molar-refractivity contribution in [1.29, 1.82) is 0 Å². The van der Waals surface area contributed by atoms with Crippen molar-refractivity contribution >= 4 is 12.0 Å². The summed E-state index contributed by atoms with van der Waals surface area (Å²) < 4.78 is 0. The summed E-state index contributed by atoms with van der Waals surface area (Å²) in [5.74, 6) is -0.860. The summed E-state index contributed by atoms with van der Waals surface area (Å²) in [4.78, 5) is 10.3. The lowest BCUT2D eigenvalue weighted by atomic mass is 10.1. The van der Waals surface area contributed by atoms with Crippen molar-refractivity contribution in [2.45, 2.75) is 39.0 Å². The zero-order chi connectivity index (χ0) is 14.5. The van der Waals surface area contributed by atoms with Crippen LogP contribution in [0.2, 0.25) is 0 Å². The second-order valence-corrected chi connectivity index (χ2v) is 4.33. The third-order valence-corrected chi connectivity index (χ3v) is 2.67. The van der Waals surface area contributed by atoms with E-state index in [2.05, 4.69) is 20.1 Å². The molecule has 0 aromatic heterocycles. The lowest BCUT2D eigenvalue weighted by molar-refractivity contribution is -0.132. The molecule has 2 heteroatoms. The average molecular weight is 260 g/mol. The number of rotatable bonds is 7. The molecule has 1 aromatic carbocycles. The van der Waals surface area contributed by atoms with Crippen LogP contribution in [-0.4, -0.2) is 11.1 Å². The summed E-state index contributed by atoms with van der Waals surface area (Å²) >= 11 is 0. The number of benzene rings is 1. The van der Waals surface area contributed by atoms with E-state index < -0.39 is 5.97 Å². The van der Waals surface area contributed by atoms with Crippen LogP contribution in [0.5, 0.6) is 0 Å². The lowest BCUT2D eigenvalue weighted by Gasteiger charge is -1.98. The Morgan fingerprint density at radius 3 is 2.26 bits per heavy atom. The first-order valence-electron chi connectivity index (χ1n) is 6.70. The summed E-state index contributed by atoms with van der Waals surface area (Å²) in [6.07, 6.45) is 6.91. The van der Waals surface area contributed by atoms with E-state index in [9.17, 15) is 4.79 Å². The molecule has 0 spiro atoms. The van der Waals surface area contributed by atoms with Crippen LogP contribution in [0.4, 0.5) is 0 Å². The van der Waals surface area contributed by atoms with Gasteiger partial charge in [-0.3, -0.25) is 0 Å². The molecule has 0 fully saturated rings. The van der Waals surface area contributed by atoms with E-state index in [1.54, 1.807) is 0 Å². The van der Waals surface area contributed by atoms with Crippen molar-refractivity contribution in [2.75, 3.05) is 0 Å². The Balaban J connectivity index is 0.000000356. The van der Waals surface area contributed by atoms with Crippen LogP contribution >= 0.6 is 0 Å². The molecular formula is C17H24O2. The van der Waals surface area contributed by atoms with Gasteiger partial charge in [0.1, 0.15) is 0 Å². The maximum atomic E-state index is 10.3. The molecule has 0 amide bonds. The number of carbonyl (C=O) groups is 1. The molecule has 0 heterocycles. The fourth-order valence-corrected chi connectivity index (χ4v) is 1.46. The van der Waals surface area contributed by atoms with Gasteiger partial charge >= 0.3 is 5.97 Å². The van der Waals surface area contributed by atoms with Gasteiger partial charge in [0.25, 0.3) is 0 Å². The first-order valence-corrected chi connectivity index (χ1v) is 6.70. The van der Waals surface area contributed by atoms with Crippen LogP contribution in [0.3, 0.4) is 0 Å². The molecule has 0 saturated carbocycles. The fraction of sp³-hybridized carbons (Fsp3) is 0.353. The Morgan fingerprint density at radius 2 is 1.84 bits per heavy atom. The Kier molecular flexibility index (Phi) is 10.2. The smallest absolute Gasteiger partial charge is 0.330 e. The van der Waals surface area contributed by atoms with Gasteiger partial charge in [-0.2, -0.15) is 0 Å². The molecule has 0 atom stereocenters. The SMILES string of the molecule is C=C(CCCCCC)C(=O)O.C=Cc1ccccc1. The quantitative estimate of drug-likeness (QED) is 0.557. The van der Waals surface area contributed by atoms with Crippen LogP contribution in [0.25, 0.3) is 6.08 Å². The Labute approximate surface area is 116 Å². The molecular weight excluding hydrogens is 236 g/mol. The Hall–Kier alpha value is -1.83. The van der Waals surface area contributed by atoms with E-state index in [1.165, 1.54) is 18.4 Å². The minimum Gasteiger partial charge on any atom is -0.478 e. The maximum absolute atomic E-state index is 10.3. The molecule has 0 radical (unpaired) electrons. The van der Waals surface area contributed by atoms with Gasteiger partial charge in [-0.15, -0.1) is 0 Å². The van der Waals surface area contributed by atoms with Gasteiger partial charge < -0.3 is 5.11 Å². The lowest BCUT2D eigenvalue weighted by Crippen LogP contribution is -1.98. The first-order chi connectivity index (χ1) is 9.11.